The molecule has 71 valence electrons. The zero-order chi connectivity index (χ0) is 6.81. The number of ether oxygens (including phenoxy) is 1. The summed E-state index contributed by atoms with van der Waals surface area (Å²) in [6, 6.07) is 8.08. The quantitative estimate of drug-likeness (QED) is 0.655. The molecule has 3 radical (unpaired) electrons. The molecule has 2 rings (SSSR count). The Morgan fingerprint density at radius 1 is 1.15 bits per heavy atom. The van der Waals surface area contributed by atoms with E-state index in [9.17, 15) is 0 Å². The van der Waals surface area contributed by atoms with Crippen LogP contribution in [0.1, 0.15) is 5.56 Å². The van der Waals surface area contributed by atoms with Crippen molar-refractivity contribution in [2.75, 3.05) is 0 Å². The molecule has 0 unspecified atom stereocenters. The molecule has 0 aromatic heterocycles. The van der Waals surface area contributed by atoms with E-state index >= 15 is 0 Å². The Kier molecular flexibility index (Phi) is 9.32. The molecule has 1 aliphatic heterocycles. The second-order valence-corrected chi connectivity index (χ2v) is 2.30. The molecule has 0 atom stereocenters. The zero-order valence-electron chi connectivity index (χ0n) is 6.83. The van der Waals surface area contributed by atoms with E-state index in [4.69, 9.17) is 4.74 Å². The number of hydrogen-bond donors (Lipinski definition) is 0. The van der Waals surface area contributed by atoms with Crippen LogP contribution in [0.2, 0.25) is 0 Å². The summed E-state index contributed by atoms with van der Waals surface area (Å²) >= 11 is 0. The van der Waals surface area contributed by atoms with Gasteiger partial charge in [0.1, 0.15) is 5.75 Å². The molecule has 1 aliphatic rings. The Morgan fingerprint density at radius 3 is 2.54 bits per heavy atom. The fraction of sp³-hybridized carbons (Fsp3) is 0.111. The first kappa shape index (κ1) is 15.8. The van der Waals surface area contributed by atoms with Crippen LogP contribution in [0.15, 0.2) is 36.6 Å². The first-order valence-electron chi connectivity index (χ1n) is 3.36. The van der Waals surface area contributed by atoms with Crippen LogP contribution < -0.4 is 4.74 Å². The fourth-order valence-electron chi connectivity index (χ4n) is 1.08. The van der Waals surface area contributed by atoms with Gasteiger partial charge in [0.2, 0.25) is 0 Å². The summed E-state index contributed by atoms with van der Waals surface area (Å²) < 4.78 is 5.24. The van der Waals surface area contributed by atoms with Gasteiger partial charge < -0.3 is 4.74 Å². The molecule has 1 heterocycles. The summed E-state index contributed by atoms with van der Waals surface area (Å²) in [6.45, 7) is 0. The molecular formula is C9H8AlFeNiO. The average Bonchev–Trinajstić information content (AvgIpc) is 2.05. The molecule has 13 heavy (non-hydrogen) atoms. The summed E-state index contributed by atoms with van der Waals surface area (Å²) in [5.74, 6) is 0.991. The minimum absolute atomic E-state index is 0. The maximum absolute atomic E-state index is 5.24. The molecule has 4 heteroatoms. The maximum Gasteiger partial charge on any atom is 0.130 e. The zero-order valence-corrected chi connectivity index (χ0v) is 10.1. The molecule has 0 N–H and O–H groups in total. The van der Waals surface area contributed by atoms with Crippen molar-refractivity contribution in [1.82, 2.24) is 0 Å². The monoisotopic (exact) mass is 273 g/mol. The third kappa shape index (κ3) is 3.90. The van der Waals surface area contributed by atoms with Gasteiger partial charge in [-0.1, -0.05) is 18.2 Å². The standard InChI is InChI=1S/C9H8O.Al.Fe.Ni/c1-2-6-9-8(4-1)5-3-7-10-9;;;/h1-4,6-7H,5H2;;;. The summed E-state index contributed by atoms with van der Waals surface area (Å²) in [6.07, 6.45) is 4.75. The van der Waals surface area contributed by atoms with Crippen molar-refractivity contribution in [1.29, 1.82) is 0 Å². The van der Waals surface area contributed by atoms with Crippen LogP contribution in [-0.4, -0.2) is 17.4 Å². The molecule has 1 nitrogen and oxygen atoms in total. The minimum Gasteiger partial charge on any atom is -0.465 e. The Balaban J connectivity index is 0. The van der Waals surface area contributed by atoms with E-state index in [2.05, 4.69) is 6.07 Å². The van der Waals surface area contributed by atoms with Gasteiger partial charge in [0.05, 0.1) is 6.26 Å². The number of hydrogen-bond acceptors (Lipinski definition) is 1. The smallest absolute Gasteiger partial charge is 0.130 e. The first-order chi connectivity index (χ1) is 4.97. The second-order valence-electron chi connectivity index (χ2n) is 2.30. The first-order valence-corrected chi connectivity index (χ1v) is 3.36. The summed E-state index contributed by atoms with van der Waals surface area (Å²) in [5.41, 5.74) is 1.27. The number of rotatable bonds is 0. The summed E-state index contributed by atoms with van der Waals surface area (Å²) in [4.78, 5) is 0. The van der Waals surface area contributed by atoms with Crippen LogP contribution in [0.4, 0.5) is 0 Å². The van der Waals surface area contributed by atoms with Crippen LogP contribution in [0, 0.1) is 0 Å². The molecule has 1 aromatic carbocycles. The van der Waals surface area contributed by atoms with E-state index in [1.807, 2.05) is 24.3 Å². The second kappa shape index (κ2) is 7.69. The van der Waals surface area contributed by atoms with Crippen LogP contribution >= 0.6 is 0 Å². The van der Waals surface area contributed by atoms with Gasteiger partial charge in [0, 0.05) is 50.9 Å². The summed E-state index contributed by atoms with van der Waals surface area (Å²) in [7, 11) is 0. The molecule has 0 spiro atoms. The van der Waals surface area contributed by atoms with Gasteiger partial charge >= 0.3 is 0 Å². The predicted molar refractivity (Wildman–Crippen MR) is 45.7 cm³/mol. The molecule has 0 amide bonds. The topological polar surface area (TPSA) is 9.23 Å². The van der Waals surface area contributed by atoms with Gasteiger partial charge in [0.15, 0.2) is 0 Å². The Bertz CT molecular complexity index is 251. The van der Waals surface area contributed by atoms with E-state index in [1.54, 1.807) is 6.26 Å². The number of benzene rings is 1. The van der Waals surface area contributed by atoms with Gasteiger partial charge in [-0.15, -0.1) is 0 Å². The van der Waals surface area contributed by atoms with Crippen molar-refractivity contribution < 1.29 is 38.3 Å². The van der Waals surface area contributed by atoms with E-state index in [1.165, 1.54) is 5.56 Å². The molecule has 0 aliphatic carbocycles. The van der Waals surface area contributed by atoms with Crippen LogP contribution in [0.3, 0.4) is 0 Å². The van der Waals surface area contributed by atoms with Gasteiger partial charge in [0.25, 0.3) is 0 Å². The molecule has 0 fully saturated rings. The van der Waals surface area contributed by atoms with Crippen LogP contribution in [-0.2, 0) is 40.0 Å². The maximum atomic E-state index is 5.24. The van der Waals surface area contributed by atoms with Crippen LogP contribution in [0.25, 0.3) is 0 Å². The van der Waals surface area contributed by atoms with Crippen molar-refractivity contribution in [3.63, 3.8) is 0 Å². The Labute approximate surface area is 109 Å². The third-order valence-electron chi connectivity index (χ3n) is 1.60. The van der Waals surface area contributed by atoms with Crippen molar-refractivity contribution in [2.24, 2.45) is 0 Å². The van der Waals surface area contributed by atoms with E-state index in [0.29, 0.717) is 0 Å². The van der Waals surface area contributed by atoms with Gasteiger partial charge in [-0.2, -0.15) is 0 Å². The number of para-hydroxylation sites is 1. The third-order valence-corrected chi connectivity index (χ3v) is 1.60. The van der Waals surface area contributed by atoms with Crippen molar-refractivity contribution in [3.05, 3.63) is 42.2 Å². The number of fused-ring (bicyclic) bond motifs is 1. The van der Waals surface area contributed by atoms with Gasteiger partial charge in [-0.05, 0) is 24.1 Å². The molecule has 0 saturated heterocycles. The normalized spacial score (nSPS) is 10.8. The van der Waals surface area contributed by atoms with Crippen LogP contribution in [0.5, 0.6) is 5.75 Å². The predicted octanol–water partition coefficient (Wildman–Crippen LogP) is 1.75. The molecule has 1 aromatic rings. The van der Waals surface area contributed by atoms with Crippen molar-refractivity contribution in [2.45, 2.75) is 6.42 Å². The van der Waals surface area contributed by atoms with Crippen molar-refractivity contribution >= 4 is 17.4 Å². The van der Waals surface area contributed by atoms with Gasteiger partial charge in [-0.25, -0.2) is 0 Å². The largest absolute Gasteiger partial charge is 0.465 e. The van der Waals surface area contributed by atoms with E-state index in [0.717, 1.165) is 12.2 Å². The minimum atomic E-state index is 0. The van der Waals surface area contributed by atoms with Gasteiger partial charge in [-0.3, -0.25) is 0 Å². The molecule has 0 saturated carbocycles. The SMILES string of the molecule is C1=COc2ccccc2C1.[Al].[Fe].[Ni]. The Morgan fingerprint density at radius 2 is 1.85 bits per heavy atom. The van der Waals surface area contributed by atoms with Crippen molar-refractivity contribution in [3.8, 4) is 5.75 Å². The average molecular weight is 274 g/mol. The number of allylic oxidation sites excluding steroid dienone is 1. The molecule has 0 bridgehead atoms. The summed E-state index contributed by atoms with van der Waals surface area (Å²) in [5, 5.41) is 0. The Hall–Kier alpha value is 0.305. The molecular weight excluding hydrogens is 266 g/mol. The van der Waals surface area contributed by atoms with E-state index < -0.39 is 0 Å². The fourth-order valence-corrected chi connectivity index (χ4v) is 1.08. The van der Waals surface area contributed by atoms with E-state index in [-0.39, 0.29) is 50.9 Å².